The van der Waals surface area contributed by atoms with E-state index in [1.165, 1.54) is 6.33 Å². The van der Waals surface area contributed by atoms with Gasteiger partial charge >= 0.3 is 5.69 Å². The number of carbonyl (C=O) groups is 1. The van der Waals surface area contributed by atoms with E-state index in [0.717, 1.165) is 27.7 Å². The molecule has 1 amide bonds. The van der Waals surface area contributed by atoms with Gasteiger partial charge in [0.1, 0.15) is 6.33 Å². The number of anilines is 3. The van der Waals surface area contributed by atoms with Crippen LogP contribution in [0.5, 0.6) is 0 Å². The van der Waals surface area contributed by atoms with E-state index in [1.54, 1.807) is 12.1 Å². The van der Waals surface area contributed by atoms with Gasteiger partial charge in [-0.3, -0.25) is 30.7 Å². The zero-order valence-electron chi connectivity index (χ0n) is 20.3. The third-order valence-electron chi connectivity index (χ3n) is 5.96. The third-order valence-corrected chi connectivity index (χ3v) is 5.96. The van der Waals surface area contributed by atoms with Gasteiger partial charge in [-0.1, -0.05) is 66.7 Å². The van der Waals surface area contributed by atoms with Gasteiger partial charge in [-0.05, 0) is 42.3 Å². The molecular weight excluding hydrogens is 482 g/mol. The number of hydrogen-bond donors (Lipinski definition) is 3. The van der Waals surface area contributed by atoms with Crippen LogP contribution in [0.4, 0.5) is 23.0 Å². The smallest absolute Gasteiger partial charge is 0.334 e. The number of rotatable bonds is 8. The van der Waals surface area contributed by atoms with Crippen LogP contribution in [0.15, 0.2) is 97.3 Å². The fourth-order valence-corrected chi connectivity index (χ4v) is 4.21. The summed E-state index contributed by atoms with van der Waals surface area (Å²) in [5, 5.41) is 15.9. The number of nitrogens with one attached hydrogen (secondary N) is 3. The first-order valence-electron chi connectivity index (χ1n) is 11.8. The molecule has 0 bridgehead atoms. The lowest BCUT2D eigenvalue weighted by molar-refractivity contribution is -0.383. The molecule has 188 valence electrons. The Balaban J connectivity index is 1.43. The summed E-state index contributed by atoms with van der Waals surface area (Å²) in [6.45, 7) is 1.89. The van der Waals surface area contributed by atoms with Crippen LogP contribution < -0.4 is 16.2 Å². The Morgan fingerprint density at radius 3 is 2.16 bits per heavy atom. The lowest BCUT2D eigenvalue weighted by atomic mass is 9.91. The molecule has 10 nitrogen and oxygen atoms in total. The summed E-state index contributed by atoms with van der Waals surface area (Å²) in [7, 11) is 0. The fraction of sp³-hybridized carbons (Fsp3) is 0.0714. The van der Waals surface area contributed by atoms with Gasteiger partial charge in [0.2, 0.25) is 17.5 Å². The van der Waals surface area contributed by atoms with E-state index in [-0.39, 0.29) is 11.6 Å². The lowest BCUT2D eigenvalue weighted by Gasteiger charge is -2.18. The largest absolute Gasteiger partial charge is 0.355 e. The van der Waals surface area contributed by atoms with Crippen molar-refractivity contribution in [3.63, 3.8) is 0 Å². The molecule has 3 aromatic carbocycles. The van der Waals surface area contributed by atoms with Gasteiger partial charge in [-0.15, -0.1) is 0 Å². The van der Waals surface area contributed by atoms with Crippen LogP contribution in [-0.2, 0) is 4.79 Å². The molecule has 2 aromatic heterocycles. The summed E-state index contributed by atoms with van der Waals surface area (Å²) in [6.07, 6.45) is 1.18. The Morgan fingerprint density at radius 1 is 0.842 bits per heavy atom. The molecule has 0 atom stereocenters. The normalized spacial score (nSPS) is 10.8. The summed E-state index contributed by atoms with van der Waals surface area (Å²) in [6, 6.07) is 27.8. The average Bonchev–Trinajstić information content (AvgIpc) is 2.93. The van der Waals surface area contributed by atoms with Crippen LogP contribution in [0.1, 0.15) is 22.7 Å². The second kappa shape index (κ2) is 10.7. The molecule has 5 aromatic rings. The minimum Gasteiger partial charge on any atom is -0.334 e. The molecule has 0 spiro atoms. The maximum atomic E-state index is 13.3. The number of hydrazine groups is 1. The lowest BCUT2D eigenvalue weighted by Crippen LogP contribution is -2.35. The van der Waals surface area contributed by atoms with Crippen molar-refractivity contribution in [2.24, 2.45) is 0 Å². The van der Waals surface area contributed by atoms with Crippen molar-refractivity contribution in [2.45, 2.75) is 12.8 Å². The minimum absolute atomic E-state index is 0.0301. The van der Waals surface area contributed by atoms with Gasteiger partial charge in [-0.2, -0.15) is 0 Å². The monoisotopic (exact) mass is 505 g/mol. The van der Waals surface area contributed by atoms with E-state index in [4.69, 9.17) is 0 Å². The van der Waals surface area contributed by atoms with Gasteiger partial charge in [0.25, 0.3) is 0 Å². The van der Waals surface area contributed by atoms with E-state index in [1.807, 2.05) is 85.8 Å². The van der Waals surface area contributed by atoms with Crippen molar-refractivity contribution in [1.82, 2.24) is 20.4 Å². The Bertz CT molecular complexity index is 1570. The molecule has 0 aliphatic carbocycles. The highest BCUT2D eigenvalue weighted by atomic mass is 16.6. The number of aryl methyl sites for hydroxylation is 1. The third kappa shape index (κ3) is 5.09. The summed E-state index contributed by atoms with van der Waals surface area (Å²) >= 11 is 0. The van der Waals surface area contributed by atoms with Crippen LogP contribution >= 0.6 is 0 Å². The van der Waals surface area contributed by atoms with Gasteiger partial charge in [0.15, 0.2) is 0 Å². The van der Waals surface area contributed by atoms with Crippen molar-refractivity contribution in [2.75, 3.05) is 10.7 Å². The molecule has 0 fully saturated rings. The van der Waals surface area contributed by atoms with E-state index in [0.29, 0.717) is 5.69 Å². The van der Waals surface area contributed by atoms with Crippen LogP contribution in [0.3, 0.4) is 0 Å². The van der Waals surface area contributed by atoms with Gasteiger partial charge in [0.05, 0.1) is 16.4 Å². The second-order valence-corrected chi connectivity index (χ2v) is 8.50. The van der Waals surface area contributed by atoms with E-state index in [2.05, 4.69) is 31.1 Å². The molecule has 38 heavy (non-hydrogen) atoms. The SMILES string of the molecule is Cc1ccc2c(Nc3ncnc(NNC(=O)C(c4ccccc4)c4ccccc4)c3[N+](=O)[O-])cccc2n1. The first kappa shape index (κ1) is 24.3. The predicted octanol–water partition coefficient (Wildman–Crippen LogP) is 5.26. The number of carbonyl (C=O) groups excluding carboxylic acids is 1. The Hall–Kier alpha value is -5.38. The van der Waals surface area contributed by atoms with Crippen molar-refractivity contribution in [3.8, 4) is 0 Å². The summed E-state index contributed by atoms with van der Waals surface area (Å²) < 4.78 is 0. The average molecular weight is 506 g/mol. The standard InChI is InChI=1S/C28H23N7O3/c1-18-15-16-21-22(31-18)13-8-14-23(21)32-26-25(35(37)38)27(30-17-29-26)33-34-28(36)24(19-9-4-2-5-10-19)20-11-6-3-7-12-20/h2-17,24H,1H3,(H,34,36)(H2,29,30,32,33). The molecule has 0 saturated carbocycles. The summed E-state index contributed by atoms with van der Waals surface area (Å²) in [5.74, 6) is -1.23. The van der Waals surface area contributed by atoms with E-state index >= 15 is 0 Å². The number of hydrogen-bond acceptors (Lipinski definition) is 8. The van der Waals surface area contributed by atoms with E-state index in [9.17, 15) is 14.9 Å². The zero-order chi connectivity index (χ0) is 26.5. The van der Waals surface area contributed by atoms with Crippen molar-refractivity contribution in [3.05, 3.63) is 124 Å². The summed E-state index contributed by atoms with van der Waals surface area (Å²) in [4.78, 5) is 37.4. The van der Waals surface area contributed by atoms with Crippen molar-refractivity contribution in [1.29, 1.82) is 0 Å². The molecule has 0 unspecified atom stereocenters. The fourth-order valence-electron chi connectivity index (χ4n) is 4.21. The minimum atomic E-state index is -0.643. The number of fused-ring (bicyclic) bond motifs is 1. The van der Waals surface area contributed by atoms with Crippen LogP contribution in [0.2, 0.25) is 0 Å². The molecule has 10 heteroatoms. The van der Waals surface area contributed by atoms with Crippen LogP contribution in [-0.4, -0.2) is 25.8 Å². The molecule has 0 radical (unpaired) electrons. The molecule has 5 rings (SSSR count). The number of amides is 1. The molecular formula is C28H23N7O3. The maximum absolute atomic E-state index is 13.3. The van der Waals surface area contributed by atoms with Crippen LogP contribution in [0.25, 0.3) is 10.9 Å². The number of nitro groups is 1. The Kier molecular flexibility index (Phi) is 6.85. The Morgan fingerprint density at radius 2 is 1.50 bits per heavy atom. The molecule has 0 saturated heterocycles. The predicted molar refractivity (Wildman–Crippen MR) is 145 cm³/mol. The quantitative estimate of drug-likeness (QED) is 0.192. The highest BCUT2D eigenvalue weighted by Crippen LogP contribution is 2.33. The highest BCUT2D eigenvalue weighted by Gasteiger charge is 2.26. The number of aromatic nitrogens is 3. The van der Waals surface area contributed by atoms with E-state index < -0.39 is 22.4 Å². The van der Waals surface area contributed by atoms with Crippen molar-refractivity contribution >= 4 is 39.8 Å². The molecule has 2 heterocycles. The van der Waals surface area contributed by atoms with Crippen molar-refractivity contribution < 1.29 is 9.72 Å². The topological polar surface area (TPSA) is 135 Å². The maximum Gasteiger partial charge on any atom is 0.355 e. The van der Waals surface area contributed by atoms with Crippen LogP contribution in [0, 0.1) is 17.0 Å². The number of nitrogens with zero attached hydrogens (tertiary/aromatic N) is 4. The first-order chi connectivity index (χ1) is 18.5. The highest BCUT2D eigenvalue weighted by molar-refractivity contribution is 5.94. The first-order valence-corrected chi connectivity index (χ1v) is 11.8. The molecule has 0 aliphatic heterocycles. The molecule has 3 N–H and O–H groups in total. The Labute approximate surface area is 217 Å². The zero-order valence-corrected chi connectivity index (χ0v) is 20.3. The van der Waals surface area contributed by atoms with Gasteiger partial charge in [-0.25, -0.2) is 9.97 Å². The summed E-state index contributed by atoms with van der Waals surface area (Å²) in [5.41, 5.74) is 8.57. The second-order valence-electron chi connectivity index (χ2n) is 8.50. The number of pyridine rings is 1. The molecule has 0 aliphatic rings. The van der Waals surface area contributed by atoms with Gasteiger partial charge < -0.3 is 5.32 Å². The van der Waals surface area contributed by atoms with Gasteiger partial charge in [0, 0.05) is 16.8 Å². The number of benzene rings is 3.